The lowest BCUT2D eigenvalue weighted by molar-refractivity contribution is -0.388. The summed E-state index contributed by atoms with van der Waals surface area (Å²) in [5.41, 5.74) is -2.16. The smallest absolute Gasteiger partial charge is 0.380 e. The molecule has 0 bridgehead atoms. The summed E-state index contributed by atoms with van der Waals surface area (Å²) < 4.78 is 78.3. The van der Waals surface area contributed by atoms with Crippen molar-refractivity contribution in [2.24, 2.45) is 0 Å². The zero-order chi connectivity index (χ0) is 29.8. The molecule has 2 saturated heterocycles. The Kier molecular flexibility index (Phi) is 9.30. The van der Waals surface area contributed by atoms with E-state index in [9.17, 15) is 41.3 Å². The monoisotopic (exact) mass is 587 g/mol. The van der Waals surface area contributed by atoms with E-state index >= 15 is 0 Å². The number of carbonyl (C=O) groups excluding carboxylic acids is 1. The Morgan fingerprint density at radius 1 is 0.951 bits per heavy atom. The highest BCUT2D eigenvalue weighted by Gasteiger charge is 2.39. The molecular formula is C27H31F6N5O3. The van der Waals surface area contributed by atoms with Crippen LogP contribution in [0.1, 0.15) is 36.8 Å². The zero-order valence-electron chi connectivity index (χ0n) is 22.2. The standard InChI is InChI=1S/C27H31F6N5O3/c28-26(29,30)19-4-7-22(8-5-19)36-13-2-12-35(15-16-36)11-1-3-25(39)37-14-10-21(18-37)34-20-6-9-24(38(40)41)23(17-20)27(31,32)33/h4-9,17,21,34H,1-3,10-16,18H2/t21-/m0/s1. The highest BCUT2D eigenvalue weighted by Crippen LogP contribution is 2.38. The van der Waals surface area contributed by atoms with Crippen molar-refractivity contribution in [3.8, 4) is 0 Å². The lowest BCUT2D eigenvalue weighted by atomic mass is 10.1. The number of benzene rings is 2. The first-order valence-electron chi connectivity index (χ1n) is 13.4. The topological polar surface area (TPSA) is 82.0 Å². The third-order valence-corrected chi connectivity index (χ3v) is 7.42. The number of hydrogen-bond acceptors (Lipinski definition) is 6. The van der Waals surface area contributed by atoms with Gasteiger partial charge in [-0.15, -0.1) is 0 Å². The van der Waals surface area contributed by atoms with Crippen LogP contribution in [-0.2, 0) is 17.1 Å². The van der Waals surface area contributed by atoms with Gasteiger partial charge in [0.15, 0.2) is 0 Å². The van der Waals surface area contributed by atoms with Crippen LogP contribution in [0.25, 0.3) is 0 Å². The second kappa shape index (κ2) is 12.5. The Balaban J connectivity index is 1.21. The van der Waals surface area contributed by atoms with Crippen molar-refractivity contribution in [2.45, 2.75) is 44.1 Å². The SMILES string of the molecule is O=C(CCCN1CCCN(c2ccc(C(F)(F)F)cc2)CC1)N1CC[C@H](Nc2ccc([N+](=O)[O-])c(C(F)(F)F)c2)C1. The Hall–Kier alpha value is -3.55. The molecule has 0 aliphatic carbocycles. The lowest BCUT2D eigenvalue weighted by Gasteiger charge is -2.24. The van der Waals surface area contributed by atoms with Crippen LogP contribution >= 0.6 is 0 Å². The van der Waals surface area contributed by atoms with Gasteiger partial charge in [-0.05, 0) is 68.8 Å². The summed E-state index contributed by atoms with van der Waals surface area (Å²) >= 11 is 0. The van der Waals surface area contributed by atoms with Crippen LogP contribution in [0.2, 0.25) is 0 Å². The molecule has 0 aromatic heterocycles. The van der Waals surface area contributed by atoms with Gasteiger partial charge in [0.2, 0.25) is 5.91 Å². The molecule has 8 nitrogen and oxygen atoms in total. The normalized spacial score (nSPS) is 18.8. The molecule has 2 aromatic rings. The molecule has 1 N–H and O–H groups in total. The Morgan fingerprint density at radius 3 is 2.34 bits per heavy atom. The molecule has 2 aromatic carbocycles. The van der Waals surface area contributed by atoms with Crippen LogP contribution < -0.4 is 10.2 Å². The van der Waals surface area contributed by atoms with Crippen molar-refractivity contribution in [1.29, 1.82) is 0 Å². The van der Waals surface area contributed by atoms with Gasteiger partial charge in [0.1, 0.15) is 5.56 Å². The maximum atomic E-state index is 13.3. The van der Waals surface area contributed by atoms with E-state index in [-0.39, 0.29) is 17.6 Å². The third-order valence-electron chi connectivity index (χ3n) is 7.42. The number of halogens is 6. The van der Waals surface area contributed by atoms with Gasteiger partial charge in [0.25, 0.3) is 5.69 Å². The number of nitrogens with zero attached hydrogens (tertiary/aromatic N) is 4. The highest BCUT2D eigenvalue weighted by atomic mass is 19.4. The van der Waals surface area contributed by atoms with E-state index in [0.29, 0.717) is 45.4 Å². The molecule has 0 saturated carbocycles. The molecule has 1 atom stereocenters. The summed E-state index contributed by atoms with van der Waals surface area (Å²) in [7, 11) is 0. The molecule has 2 aliphatic heterocycles. The molecule has 0 unspecified atom stereocenters. The Morgan fingerprint density at radius 2 is 1.68 bits per heavy atom. The average Bonchev–Trinajstić information content (AvgIpc) is 3.24. The number of rotatable bonds is 8. The number of alkyl halides is 6. The van der Waals surface area contributed by atoms with Crippen molar-refractivity contribution < 1.29 is 36.1 Å². The van der Waals surface area contributed by atoms with Gasteiger partial charge in [-0.2, -0.15) is 26.3 Å². The minimum absolute atomic E-state index is 0.0461. The third kappa shape index (κ3) is 8.02. The summed E-state index contributed by atoms with van der Waals surface area (Å²) in [6.07, 6.45) is -6.91. The molecule has 41 heavy (non-hydrogen) atoms. The fourth-order valence-corrected chi connectivity index (χ4v) is 5.28. The van der Waals surface area contributed by atoms with Gasteiger partial charge >= 0.3 is 12.4 Å². The molecule has 224 valence electrons. The number of hydrogen-bond donors (Lipinski definition) is 1. The van der Waals surface area contributed by atoms with Crippen molar-refractivity contribution in [3.63, 3.8) is 0 Å². The number of nitro benzene ring substituents is 1. The first-order valence-corrected chi connectivity index (χ1v) is 13.4. The average molecular weight is 588 g/mol. The van der Waals surface area contributed by atoms with Crippen LogP contribution in [0.3, 0.4) is 0 Å². The summed E-state index contributed by atoms with van der Waals surface area (Å²) in [6, 6.07) is 7.68. The maximum absolute atomic E-state index is 13.3. The van der Waals surface area contributed by atoms with Gasteiger partial charge in [0.05, 0.1) is 10.5 Å². The number of nitro groups is 1. The second-order valence-corrected chi connectivity index (χ2v) is 10.3. The van der Waals surface area contributed by atoms with E-state index in [4.69, 9.17) is 0 Å². The van der Waals surface area contributed by atoms with Gasteiger partial charge in [-0.3, -0.25) is 14.9 Å². The quantitative estimate of drug-likeness (QED) is 0.245. The zero-order valence-corrected chi connectivity index (χ0v) is 22.2. The Labute approximate surface area is 233 Å². The van der Waals surface area contributed by atoms with E-state index in [0.717, 1.165) is 56.0 Å². The molecule has 2 fully saturated rings. The largest absolute Gasteiger partial charge is 0.423 e. The number of likely N-dealkylation sites (tertiary alicyclic amines) is 1. The van der Waals surface area contributed by atoms with Crippen molar-refractivity contribution >= 4 is 23.0 Å². The molecule has 1 amide bonds. The highest BCUT2D eigenvalue weighted by molar-refractivity contribution is 5.76. The summed E-state index contributed by atoms with van der Waals surface area (Å²) in [5.74, 6) is -0.0461. The van der Waals surface area contributed by atoms with E-state index in [1.807, 2.05) is 0 Å². The van der Waals surface area contributed by atoms with Crippen molar-refractivity contribution in [2.75, 3.05) is 56.0 Å². The van der Waals surface area contributed by atoms with Crippen LogP contribution in [0, 0.1) is 10.1 Å². The predicted molar refractivity (Wildman–Crippen MR) is 141 cm³/mol. The second-order valence-electron chi connectivity index (χ2n) is 10.3. The lowest BCUT2D eigenvalue weighted by Crippen LogP contribution is -2.33. The van der Waals surface area contributed by atoms with E-state index in [1.165, 1.54) is 18.2 Å². The van der Waals surface area contributed by atoms with E-state index < -0.39 is 34.1 Å². The molecule has 0 radical (unpaired) electrons. The first kappa shape index (κ1) is 30.4. The van der Waals surface area contributed by atoms with Gasteiger partial charge < -0.3 is 20.0 Å². The van der Waals surface area contributed by atoms with Crippen LogP contribution in [-0.4, -0.2) is 72.5 Å². The maximum Gasteiger partial charge on any atom is 0.423 e. The summed E-state index contributed by atoms with van der Waals surface area (Å²) in [5, 5.41) is 13.9. The summed E-state index contributed by atoms with van der Waals surface area (Å²) in [6.45, 7) is 4.41. The summed E-state index contributed by atoms with van der Waals surface area (Å²) in [4.78, 5) is 28.6. The molecule has 14 heteroatoms. The fraction of sp³-hybridized carbons (Fsp3) is 0.519. The Bertz CT molecular complexity index is 1220. The predicted octanol–water partition coefficient (Wildman–Crippen LogP) is 5.64. The minimum Gasteiger partial charge on any atom is -0.380 e. The molecule has 2 heterocycles. The molecular weight excluding hydrogens is 556 g/mol. The first-order chi connectivity index (χ1) is 19.3. The number of nitrogens with one attached hydrogen (secondary N) is 1. The molecule has 4 rings (SSSR count). The number of amides is 1. The van der Waals surface area contributed by atoms with E-state index in [1.54, 1.807) is 4.90 Å². The van der Waals surface area contributed by atoms with Gasteiger partial charge in [-0.25, -0.2) is 0 Å². The van der Waals surface area contributed by atoms with Crippen molar-refractivity contribution in [3.05, 3.63) is 63.7 Å². The minimum atomic E-state index is -4.87. The fourth-order valence-electron chi connectivity index (χ4n) is 5.28. The number of anilines is 2. The van der Waals surface area contributed by atoms with Crippen LogP contribution in [0.4, 0.5) is 43.4 Å². The van der Waals surface area contributed by atoms with Gasteiger partial charge in [-0.1, -0.05) is 0 Å². The van der Waals surface area contributed by atoms with E-state index in [2.05, 4.69) is 15.1 Å². The van der Waals surface area contributed by atoms with Gasteiger partial charge in [0, 0.05) is 62.6 Å². The molecule has 0 spiro atoms. The van der Waals surface area contributed by atoms with Crippen molar-refractivity contribution in [1.82, 2.24) is 9.80 Å². The van der Waals surface area contributed by atoms with Crippen LogP contribution in [0.15, 0.2) is 42.5 Å². The van der Waals surface area contributed by atoms with Crippen LogP contribution in [0.5, 0.6) is 0 Å². The molecule has 2 aliphatic rings. The number of carbonyl (C=O) groups is 1.